The topological polar surface area (TPSA) is 9.23 Å². The first kappa shape index (κ1) is 10.9. The number of hydrogen-bond acceptors (Lipinski definition) is 1. The third-order valence-corrected chi connectivity index (χ3v) is 2.44. The summed E-state index contributed by atoms with van der Waals surface area (Å²) in [5, 5.41) is 0. The van der Waals surface area contributed by atoms with Crippen LogP contribution in [0.15, 0.2) is 30.3 Å². The lowest BCUT2D eigenvalue weighted by atomic mass is 10.3. The maximum absolute atomic E-state index is 5.45. The van der Waals surface area contributed by atoms with Crippen molar-refractivity contribution in [2.75, 3.05) is 6.61 Å². The first-order chi connectivity index (χ1) is 6.58. The zero-order chi connectivity index (χ0) is 10.4. The molecule has 0 aliphatic heterocycles. The van der Waals surface area contributed by atoms with E-state index in [9.17, 15) is 0 Å². The van der Waals surface area contributed by atoms with Crippen molar-refractivity contribution >= 4 is 8.07 Å². The van der Waals surface area contributed by atoms with Gasteiger partial charge < -0.3 is 4.74 Å². The molecular formula is C12H16OSi. The van der Waals surface area contributed by atoms with Crippen LogP contribution in [0.25, 0.3) is 0 Å². The molecule has 14 heavy (non-hydrogen) atoms. The van der Waals surface area contributed by atoms with Crippen molar-refractivity contribution in [1.82, 2.24) is 0 Å². The fourth-order valence-electron chi connectivity index (χ4n) is 0.937. The maximum atomic E-state index is 5.45. The third kappa shape index (κ3) is 4.73. The standard InChI is InChI=1S/C12H16OSi/c1-14(2,3)11-7-10-13-12-8-5-4-6-9-12/h4-6,8-9H,10H2,1-3H3. The molecule has 0 bridgehead atoms. The van der Waals surface area contributed by atoms with E-state index in [2.05, 4.69) is 31.1 Å². The van der Waals surface area contributed by atoms with Crippen molar-refractivity contribution in [3.63, 3.8) is 0 Å². The van der Waals surface area contributed by atoms with E-state index in [0.717, 1.165) is 5.75 Å². The second-order valence-corrected chi connectivity index (χ2v) is 8.90. The van der Waals surface area contributed by atoms with Gasteiger partial charge in [0.15, 0.2) is 0 Å². The predicted octanol–water partition coefficient (Wildman–Crippen LogP) is 2.95. The van der Waals surface area contributed by atoms with E-state index < -0.39 is 8.07 Å². The Hall–Kier alpha value is -1.20. The molecule has 0 radical (unpaired) electrons. The van der Waals surface area contributed by atoms with Gasteiger partial charge in [0.1, 0.15) is 20.4 Å². The molecule has 0 aliphatic carbocycles. The van der Waals surface area contributed by atoms with Crippen LogP contribution < -0.4 is 4.74 Å². The number of ether oxygens (including phenoxy) is 1. The molecule has 74 valence electrons. The van der Waals surface area contributed by atoms with Crippen LogP contribution in [0.2, 0.25) is 19.6 Å². The van der Waals surface area contributed by atoms with E-state index >= 15 is 0 Å². The second kappa shape index (κ2) is 4.87. The van der Waals surface area contributed by atoms with Crippen molar-refractivity contribution in [3.8, 4) is 17.2 Å². The van der Waals surface area contributed by atoms with E-state index in [1.807, 2.05) is 30.3 Å². The Labute approximate surface area is 87.1 Å². The van der Waals surface area contributed by atoms with Crippen LogP contribution in [0, 0.1) is 11.5 Å². The molecule has 1 rings (SSSR count). The first-order valence-electron chi connectivity index (χ1n) is 4.76. The largest absolute Gasteiger partial charge is 0.481 e. The minimum atomic E-state index is -1.24. The number of benzene rings is 1. The lowest BCUT2D eigenvalue weighted by Crippen LogP contribution is -2.16. The molecule has 0 aliphatic rings. The van der Waals surface area contributed by atoms with Crippen molar-refractivity contribution in [2.45, 2.75) is 19.6 Å². The summed E-state index contributed by atoms with van der Waals surface area (Å²) >= 11 is 0. The minimum absolute atomic E-state index is 0.494. The molecule has 0 atom stereocenters. The Morgan fingerprint density at radius 3 is 2.36 bits per heavy atom. The van der Waals surface area contributed by atoms with Crippen LogP contribution in [0.5, 0.6) is 5.75 Å². The summed E-state index contributed by atoms with van der Waals surface area (Å²) in [5.74, 6) is 3.95. The van der Waals surface area contributed by atoms with Gasteiger partial charge in [0.2, 0.25) is 0 Å². The Morgan fingerprint density at radius 2 is 1.79 bits per heavy atom. The van der Waals surface area contributed by atoms with E-state index in [4.69, 9.17) is 4.74 Å². The smallest absolute Gasteiger partial charge is 0.148 e. The van der Waals surface area contributed by atoms with E-state index in [-0.39, 0.29) is 0 Å². The summed E-state index contributed by atoms with van der Waals surface area (Å²) in [6.45, 7) is 7.17. The minimum Gasteiger partial charge on any atom is -0.481 e. The molecule has 0 spiro atoms. The first-order valence-corrected chi connectivity index (χ1v) is 8.26. The van der Waals surface area contributed by atoms with Crippen molar-refractivity contribution in [3.05, 3.63) is 30.3 Å². The van der Waals surface area contributed by atoms with Crippen LogP contribution in [0.3, 0.4) is 0 Å². The zero-order valence-corrected chi connectivity index (χ0v) is 10.0. The molecule has 0 saturated heterocycles. The maximum Gasteiger partial charge on any atom is 0.148 e. The highest BCUT2D eigenvalue weighted by Gasteiger charge is 2.06. The zero-order valence-electron chi connectivity index (χ0n) is 9.00. The summed E-state index contributed by atoms with van der Waals surface area (Å²) < 4.78 is 5.45. The molecule has 2 heteroatoms. The summed E-state index contributed by atoms with van der Waals surface area (Å²) in [7, 11) is -1.24. The number of para-hydroxylation sites is 1. The second-order valence-electron chi connectivity index (χ2n) is 4.15. The molecule has 0 fully saturated rings. The lowest BCUT2D eigenvalue weighted by Gasteiger charge is -2.04. The number of rotatable bonds is 2. The van der Waals surface area contributed by atoms with Crippen molar-refractivity contribution in [1.29, 1.82) is 0 Å². The monoisotopic (exact) mass is 204 g/mol. The fraction of sp³-hybridized carbons (Fsp3) is 0.333. The highest BCUT2D eigenvalue weighted by molar-refractivity contribution is 6.83. The molecule has 0 saturated carbocycles. The van der Waals surface area contributed by atoms with Gasteiger partial charge in [0, 0.05) is 0 Å². The van der Waals surface area contributed by atoms with Crippen LogP contribution in [0.4, 0.5) is 0 Å². The normalized spacial score (nSPS) is 10.2. The van der Waals surface area contributed by atoms with Gasteiger partial charge in [-0.25, -0.2) is 0 Å². The van der Waals surface area contributed by atoms with Crippen molar-refractivity contribution < 1.29 is 4.74 Å². The molecule has 0 unspecified atom stereocenters. The molecular weight excluding hydrogens is 188 g/mol. The highest BCUT2D eigenvalue weighted by Crippen LogP contribution is 2.07. The summed E-state index contributed by atoms with van der Waals surface area (Å²) in [6.07, 6.45) is 0. The number of hydrogen-bond donors (Lipinski definition) is 0. The SMILES string of the molecule is C[Si](C)(C)C#CCOc1ccccc1. The molecule has 1 aromatic rings. The van der Waals surface area contributed by atoms with Gasteiger partial charge in [-0.1, -0.05) is 43.8 Å². The van der Waals surface area contributed by atoms with Crippen LogP contribution in [-0.2, 0) is 0 Å². The predicted molar refractivity (Wildman–Crippen MR) is 63.1 cm³/mol. The van der Waals surface area contributed by atoms with E-state index in [0.29, 0.717) is 6.61 Å². The Kier molecular flexibility index (Phi) is 3.79. The van der Waals surface area contributed by atoms with Crippen LogP contribution >= 0.6 is 0 Å². The Balaban J connectivity index is 2.39. The van der Waals surface area contributed by atoms with E-state index in [1.54, 1.807) is 0 Å². The van der Waals surface area contributed by atoms with Gasteiger partial charge in [-0.15, -0.1) is 5.54 Å². The third-order valence-electron chi connectivity index (χ3n) is 1.52. The molecule has 0 heterocycles. The van der Waals surface area contributed by atoms with Gasteiger partial charge in [-0.3, -0.25) is 0 Å². The molecule has 1 aromatic carbocycles. The van der Waals surface area contributed by atoms with Crippen LogP contribution in [0.1, 0.15) is 0 Å². The molecule has 1 nitrogen and oxygen atoms in total. The van der Waals surface area contributed by atoms with Crippen molar-refractivity contribution in [2.24, 2.45) is 0 Å². The van der Waals surface area contributed by atoms with Gasteiger partial charge in [-0.2, -0.15) is 0 Å². The van der Waals surface area contributed by atoms with Crippen LogP contribution in [-0.4, -0.2) is 14.7 Å². The lowest BCUT2D eigenvalue weighted by molar-refractivity contribution is 0.370. The summed E-state index contributed by atoms with van der Waals surface area (Å²) in [4.78, 5) is 0. The van der Waals surface area contributed by atoms with E-state index in [1.165, 1.54) is 0 Å². The molecule has 0 N–H and O–H groups in total. The van der Waals surface area contributed by atoms with Gasteiger partial charge >= 0.3 is 0 Å². The Bertz CT molecular complexity index is 327. The molecule has 0 aromatic heterocycles. The highest BCUT2D eigenvalue weighted by atomic mass is 28.3. The van der Waals surface area contributed by atoms with Gasteiger partial charge in [-0.05, 0) is 12.1 Å². The average molecular weight is 204 g/mol. The van der Waals surface area contributed by atoms with Gasteiger partial charge in [0.05, 0.1) is 0 Å². The molecule has 0 amide bonds. The fourth-order valence-corrected chi connectivity index (χ4v) is 1.54. The summed E-state index contributed by atoms with van der Waals surface area (Å²) in [5.41, 5.74) is 3.26. The quantitative estimate of drug-likeness (QED) is 0.531. The average Bonchev–Trinajstić information content (AvgIpc) is 2.13. The Morgan fingerprint density at radius 1 is 1.14 bits per heavy atom. The van der Waals surface area contributed by atoms with Gasteiger partial charge in [0.25, 0.3) is 0 Å². The summed E-state index contributed by atoms with van der Waals surface area (Å²) in [6, 6.07) is 9.77.